The number of carbonyl (C=O) groups excluding carboxylic acids is 2. The van der Waals surface area contributed by atoms with Crippen LogP contribution in [0.15, 0.2) is 42.6 Å². The molecule has 0 fully saturated rings. The van der Waals surface area contributed by atoms with Crippen LogP contribution in [-0.4, -0.2) is 53.7 Å². The summed E-state index contributed by atoms with van der Waals surface area (Å²) in [6, 6.07) is 10.5. The average molecular weight is 361 g/mol. The van der Waals surface area contributed by atoms with E-state index in [2.05, 4.69) is 10.3 Å². The van der Waals surface area contributed by atoms with E-state index in [1.54, 1.807) is 30.3 Å². The maximum Gasteiger partial charge on any atom is 0.213 e. The third kappa shape index (κ3) is 2.74. The number of hydrogen-bond acceptors (Lipinski definition) is 6. The number of rotatable bonds is 4. The summed E-state index contributed by atoms with van der Waals surface area (Å²) in [5.41, 5.74) is 1.14. The van der Waals surface area contributed by atoms with Gasteiger partial charge in [0.2, 0.25) is 11.6 Å². The largest absolute Gasteiger partial charge is 0.507 e. The molecule has 4 rings (SSSR count). The first-order chi connectivity index (χ1) is 13.0. The van der Waals surface area contributed by atoms with Gasteiger partial charge in [-0.25, -0.2) is 0 Å². The summed E-state index contributed by atoms with van der Waals surface area (Å²) >= 11 is 0. The van der Waals surface area contributed by atoms with E-state index in [-0.39, 0.29) is 39.7 Å². The molecular weight excluding hydrogens is 342 g/mol. The molecule has 0 unspecified atom stereocenters. The van der Waals surface area contributed by atoms with E-state index < -0.39 is 0 Å². The van der Waals surface area contributed by atoms with E-state index in [1.807, 2.05) is 25.1 Å². The molecule has 0 spiro atoms. The number of pyridine rings is 1. The van der Waals surface area contributed by atoms with Crippen molar-refractivity contribution in [2.75, 3.05) is 32.5 Å². The topological polar surface area (TPSA) is 82.5 Å². The molecule has 27 heavy (non-hydrogen) atoms. The van der Waals surface area contributed by atoms with Crippen molar-refractivity contribution in [2.45, 2.75) is 0 Å². The fraction of sp³-hybridized carbons (Fsp3) is 0.190. The van der Waals surface area contributed by atoms with Gasteiger partial charge in [0, 0.05) is 35.9 Å². The second-order valence-corrected chi connectivity index (χ2v) is 6.84. The minimum absolute atomic E-state index is 0.0508. The van der Waals surface area contributed by atoms with Crippen LogP contribution in [0, 0.1) is 0 Å². The fourth-order valence-electron chi connectivity index (χ4n) is 3.42. The molecule has 0 amide bonds. The van der Waals surface area contributed by atoms with Gasteiger partial charge < -0.3 is 15.3 Å². The number of benzene rings is 2. The SMILES string of the molecule is CN(C)CCNc1ccnc2c1C(=O)c1c(cc3ccccc3c1O)C2=O. The standard InChI is InChI=1S/C21H19N3O3/c1-24(2)10-9-22-15-7-8-23-18-17(15)21(27)16-14(20(18)26)11-12-5-3-4-6-13(12)19(16)25/h3-8,11,25H,9-10H2,1-2H3,(H,22,23). The molecule has 2 aromatic carbocycles. The van der Waals surface area contributed by atoms with E-state index in [4.69, 9.17) is 0 Å². The number of anilines is 1. The minimum atomic E-state index is -0.386. The number of phenols is 1. The molecule has 1 aromatic heterocycles. The van der Waals surface area contributed by atoms with Gasteiger partial charge >= 0.3 is 0 Å². The number of ketones is 2. The Labute approximate surface area is 156 Å². The molecule has 0 radical (unpaired) electrons. The lowest BCUT2D eigenvalue weighted by atomic mass is 9.83. The zero-order valence-corrected chi connectivity index (χ0v) is 15.1. The van der Waals surface area contributed by atoms with Crippen molar-refractivity contribution >= 4 is 28.0 Å². The number of fused-ring (bicyclic) bond motifs is 3. The van der Waals surface area contributed by atoms with Crippen LogP contribution < -0.4 is 5.32 Å². The Bertz CT molecular complexity index is 1090. The van der Waals surface area contributed by atoms with Crippen molar-refractivity contribution < 1.29 is 14.7 Å². The third-order valence-electron chi connectivity index (χ3n) is 4.76. The third-order valence-corrected chi connectivity index (χ3v) is 4.76. The predicted molar refractivity (Wildman–Crippen MR) is 104 cm³/mol. The first-order valence-corrected chi connectivity index (χ1v) is 8.70. The molecule has 1 heterocycles. The first-order valence-electron chi connectivity index (χ1n) is 8.70. The van der Waals surface area contributed by atoms with Crippen molar-refractivity contribution in [2.24, 2.45) is 0 Å². The Morgan fingerprint density at radius 3 is 2.63 bits per heavy atom. The summed E-state index contributed by atoms with van der Waals surface area (Å²) in [6.07, 6.45) is 1.52. The molecule has 136 valence electrons. The molecule has 2 N–H and O–H groups in total. The van der Waals surface area contributed by atoms with Gasteiger partial charge in [0.15, 0.2) is 0 Å². The van der Waals surface area contributed by atoms with Gasteiger partial charge in [-0.1, -0.05) is 24.3 Å². The number of phenolic OH excluding ortho intramolecular Hbond substituents is 1. The van der Waals surface area contributed by atoms with E-state index in [0.29, 0.717) is 23.0 Å². The molecule has 1 aliphatic carbocycles. The van der Waals surface area contributed by atoms with Crippen LogP contribution >= 0.6 is 0 Å². The second-order valence-electron chi connectivity index (χ2n) is 6.84. The van der Waals surface area contributed by atoms with Gasteiger partial charge in [-0.2, -0.15) is 0 Å². The molecular formula is C21H19N3O3. The zero-order valence-electron chi connectivity index (χ0n) is 15.1. The van der Waals surface area contributed by atoms with Crippen molar-refractivity contribution in [3.05, 3.63) is 65.0 Å². The van der Waals surface area contributed by atoms with Gasteiger partial charge in [0.1, 0.15) is 11.4 Å². The highest BCUT2D eigenvalue weighted by atomic mass is 16.3. The number of aromatic nitrogens is 1. The number of likely N-dealkylation sites (N-methyl/N-ethyl adjacent to an activating group) is 1. The van der Waals surface area contributed by atoms with Crippen LogP contribution in [0.5, 0.6) is 5.75 Å². The van der Waals surface area contributed by atoms with Gasteiger partial charge in [-0.3, -0.25) is 14.6 Å². The highest BCUT2D eigenvalue weighted by Crippen LogP contribution is 2.39. The lowest BCUT2D eigenvalue weighted by Gasteiger charge is -2.22. The van der Waals surface area contributed by atoms with Crippen LogP contribution in [-0.2, 0) is 0 Å². The van der Waals surface area contributed by atoms with Crippen molar-refractivity contribution in [3.63, 3.8) is 0 Å². The fourth-order valence-corrected chi connectivity index (χ4v) is 3.42. The Balaban J connectivity index is 1.87. The monoisotopic (exact) mass is 361 g/mol. The van der Waals surface area contributed by atoms with Gasteiger partial charge in [0.05, 0.1) is 11.1 Å². The Hall–Kier alpha value is -3.25. The van der Waals surface area contributed by atoms with Crippen molar-refractivity contribution in [1.29, 1.82) is 0 Å². The van der Waals surface area contributed by atoms with E-state index in [9.17, 15) is 14.7 Å². The molecule has 1 aliphatic rings. The van der Waals surface area contributed by atoms with E-state index in [1.165, 1.54) is 6.20 Å². The van der Waals surface area contributed by atoms with Crippen LogP contribution in [0.4, 0.5) is 5.69 Å². The maximum absolute atomic E-state index is 13.2. The highest BCUT2D eigenvalue weighted by Gasteiger charge is 2.35. The lowest BCUT2D eigenvalue weighted by molar-refractivity contribution is 0.0974. The number of nitrogens with one attached hydrogen (secondary N) is 1. The summed E-state index contributed by atoms with van der Waals surface area (Å²) < 4.78 is 0. The van der Waals surface area contributed by atoms with Crippen LogP contribution in [0.1, 0.15) is 32.0 Å². The summed E-state index contributed by atoms with van der Waals surface area (Å²) in [7, 11) is 3.91. The number of hydrogen-bond donors (Lipinski definition) is 2. The second kappa shape index (κ2) is 6.48. The summed E-state index contributed by atoms with van der Waals surface area (Å²) in [6.45, 7) is 1.38. The molecule has 6 heteroatoms. The van der Waals surface area contributed by atoms with Crippen LogP contribution in [0.2, 0.25) is 0 Å². The Morgan fingerprint density at radius 2 is 1.85 bits per heavy atom. The first kappa shape index (κ1) is 17.2. The molecule has 6 nitrogen and oxygen atoms in total. The molecule has 0 aliphatic heterocycles. The molecule has 3 aromatic rings. The normalized spacial score (nSPS) is 13.0. The van der Waals surface area contributed by atoms with Gasteiger partial charge in [-0.05, 0) is 31.6 Å². The lowest BCUT2D eigenvalue weighted by Crippen LogP contribution is -2.26. The summed E-state index contributed by atoms with van der Waals surface area (Å²) in [4.78, 5) is 32.4. The molecule has 0 saturated carbocycles. The van der Waals surface area contributed by atoms with Crippen molar-refractivity contribution in [3.8, 4) is 5.75 Å². The van der Waals surface area contributed by atoms with Crippen LogP contribution in [0.25, 0.3) is 10.8 Å². The number of carbonyl (C=O) groups is 2. The molecule has 0 saturated heterocycles. The number of nitrogens with zero attached hydrogens (tertiary/aromatic N) is 2. The smallest absolute Gasteiger partial charge is 0.213 e. The summed E-state index contributed by atoms with van der Waals surface area (Å²) in [5.74, 6) is -0.893. The van der Waals surface area contributed by atoms with Crippen molar-refractivity contribution in [1.82, 2.24) is 9.88 Å². The minimum Gasteiger partial charge on any atom is -0.507 e. The van der Waals surface area contributed by atoms with E-state index in [0.717, 1.165) is 6.54 Å². The zero-order chi connectivity index (χ0) is 19.1. The van der Waals surface area contributed by atoms with Gasteiger partial charge in [-0.15, -0.1) is 0 Å². The molecule has 0 atom stereocenters. The summed E-state index contributed by atoms with van der Waals surface area (Å²) in [5, 5.41) is 15.2. The number of aromatic hydroxyl groups is 1. The average Bonchev–Trinajstić information content (AvgIpc) is 2.65. The van der Waals surface area contributed by atoms with Gasteiger partial charge in [0.25, 0.3) is 0 Å². The highest BCUT2D eigenvalue weighted by molar-refractivity contribution is 6.31. The Morgan fingerprint density at radius 1 is 1.07 bits per heavy atom. The predicted octanol–water partition coefficient (Wildman–Crippen LogP) is 2.69. The quantitative estimate of drug-likeness (QED) is 0.582. The van der Waals surface area contributed by atoms with Crippen LogP contribution in [0.3, 0.4) is 0 Å². The molecule has 0 bridgehead atoms. The van der Waals surface area contributed by atoms with E-state index >= 15 is 0 Å². The Kier molecular flexibility index (Phi) is 4.12. The maximum atomic E-state index is 13.2.